The molecule has 112 valence electrons. The first kappa shape index (κ1) is 15.2. The lowest BCUT2D eigenvalue weighted by atomic mass is 9.97. The number of esters is 1. The number of allylic oxidation sites excluding steroid dienone is 1. The Balaban J connectivity index is 1.95. The van der Waals surface area contributed by atoms with Crippen LogP contribution >= 0.6 is 0 Å². The molecule has 0 radical (unpaired) electrons. The van der Waals surface area contributed by atoms with Crippen LogP contribution in [0.25, 0.3) is 0 Å². The fourth-order valence-corrected chi connectivity index (χ4v) is 3.19. The van der Waals surface area contributed by atoms with E-state index in [0.717, 1.165) is 31.4 Å². The molecule has 0 saturated carbocycles. The van der Waals surface area contributed by atoms with Gasteiger partial charge in [0.15, 0.2) is 5.78 Å². The average Bonchev–Trinajstić information content (AvgIpc) is 2.96. The van der Waals surface area contributed by atoms with Gasteiger partial charge >= 0.3 is 5.97 Å². The van der Waals surface area contributed by atoms with Crippen molar-refractivity contribution in [3.63, 3.8) is 0 Å². The van der Waals surface area contributed by atoms with Crippen LogP contribution < -0.4 is 0 Å². The largest absolute Gasteiger partial charge is 0.465 e. The summed E-state index contributed by atoms with van der Waals surface area (Å²) in [5.74, 6) is 0.488. The molecule has 3 atom stereocenters. The molecule has 2 rings (SSSR count). The highest BCUT2D eigenvalue weighted by Gasteiger charge is 2.44. The molecule has 0 unspecified atom stereocenters. The van der Waals surface area contributed by atoms with Crippen LogP contribution in [0.1, 0.15) is 40.0 Å². The van der Waals surface area contributed by atoms with Gasteiger partial charge in [0.2, 0.25) is 0 Å². The zero-order chi connectivity index (χ0) is 14.7. The maximum Gasteiger partial charge on any atom is 0.323 e. The number of ketones is 1. The Bertz CT molecular complexity index is 416. The van der Waals surface area contributed by atoms with E-state index in [1.165, 1.54) is 0 Å². The van der Waals surface area contributed by atoms with Gasteiger partial charge < -0.3 is 4.74 Å². The Morgan fingerprint density at radius 3 is 2.80 bits per heavy atom. The Kier molecular flexibility index (Phi) is 4.97. The number of carbonyl (C=O) groups is 2. The number of carbonyl (C=O) groups excluding carboxylic acids is 2. The van der Waals surface area contributed by atoms with E-state index in [9.17, 15) is 9.59 Å². The van der Waals surface area contributed by atoms with Crippen LogP contribution in [0.2, 0.25) is 0 Å². The van der Waals surface area contributed by atoms with Crippen LogP contribution in [0.5, 0.6) is 0 Å². The molecule has 0 amide bonds. The molecule has 4 nitrogen and oxygen atoms in total. The predicted octanol–water partition coefficient (Wildman–Crippen LogP) is 2.19. The number of rotatable bonds is 6. The zero-order valence-corrected chi connectivity index (χ0v) is 12.7. The van der Waals surface area contributed by atoms with Gasteiger partial charge in [-0.1, -0.05) is 19.4 Å². The molecule has 1 heterocycles. The Labute approximate surface area is 121 Å². The Morgan fingerprint density at radius 2 is 2.20 bits per heavy atom. The van der Waals surface area contributed by atoms with Crippen LogP contribution in [-0.4, -0.2) is 42.4 Å². The molecule has 0 aromatic heterocycles. The van der Waals surface area contributed by atoms with Crippen molar-refractivity contribution in [1.82, 2.24) is 4.90 Å². The number of ether oxygens (including phenoxy) is 1. The molecular weight excluding hydrogens is 254 g/mol. The standard InChI is InChI=1S/C16H25NO3/c1-4-6-7-12-8-13-9-17(10-14(13)15(12)18)11(3)16(19)20-5-2/h8,11,13-14H,4-7,9-10H2,1-3H3/t11-,13-,14+/m0/s1. The quantitative estimate of drug-likeness (QED) is 0.699. The Hall–Kier alpha value is -1.16. The van der Waals surface area contributed by atoms with Gasteiger partial charge in [0, 0.05) is 24.9 Å². The normalized spacial score (nSPS) is 27.4. The molecule has 20 heavy (non-hydrogen) atoms. The number of Topliss-reactive ketones (excluding diaryl/α,β-unsaturated/α-hetero) is 1. The van der Waals surface area contributed by atoms with Crippen molar-refractivity contribution < 1.29 is 14.3 Å². The van der Waals surface area contributed by atoms with Gasteiger partial charge in [-0.25, -0.2) is 0 Å². The van der Waals surface area contributed by atoms with E-state index >= 15 is 0 Å². The summed E-state index contributed by atoms with van der Waals surface area (Å²) in [7, 11) is 0. The van der Waals surface area contributed by atoms with Gasteiger partial charge in [-0.05, 0) is 32.3 Å². The van der Waals surface area contributed by atoms with E-state index in [0.29, 0.717) is 24.9 Å². The topological polar surface area (TPSA) is 46.6 Å². The second kappa shape index (κ2) is 6.53. The van der Waals surface area contributed by atoms with Crippen molar-refractivity contribution in [2.24, 2.45) is 11.8 Å². The number of hydrogen-bond acceptors (Lipinski definition) is 4. The van der Waals surface area contributed by atoms with Crippen molar-refractivity contribution in [2.75, 3.05) is 19.7 Å². The van der Waals surface area contributed by atoms with Crippen molar-refractivity contribution in [1.29, 1.82) is 0 Å². The minimum Gasteiger partial charge on any atom is -0.465 e. The SMILES string of the molecule is CCCCC1=C[C@H]2CN([C@@H](C)C(=O)OCC)C[C@H]2C1=O. The lowest BCUT2D eigenvalue weighted by Gasteiger charge is -2.22. The minimum atomic E-state index is -0.249. The summed E-state index contributed by atoms with van der Waals surface area (Å²) in [5, 5.41) is 0. The van der Waals surface area contributed by atoms with Crippen molar-refractivity contribution in [2.45, 2.75) is 46.1 Å². The number of likely N-dealkylation sites (tertiary alicyclic amines) is 1. The van der Waals surface area contributed by atoms with Crippen LogP contribution in [0.3, 0.4) is 0 Å². The molecule has 1 aliphatic heterocycles. The second-order valence-electron chi connectivity index (χ2n) is 5.81. The third-order valence-corrected chi connectivity index (χ3v) is 4.44. The first-order valence-electron chi connectivity index (χ1n) is 7.74. The maximum atomic E-state index is 12.3. The number of unbranched alkanes of at least 4 members (excludes halogenated alkanes) is 1. The summed E-state index contributed by atoms with van der Waals surface area (Å²) in [5.41, 5.74) is 1.02. The summed E-state index contributed by atoms with van der Waals surface area (Å²) in [6.45, 7) is 7.72. The lowest BCUT2D eigenvalue weighted by molar-refractivity contribution is -0.148. The van der Waals surface area contributed by atoms with Crippen molar-refractivity contribution in [3.05, 3.63) is 11.6 Å². The highest BCUT2D eigenvalue weighted by molar-refractivity contribution is 6.00. The summed E-state index contributed by atoms with van der Waals surface area (Å²) >= 11 is 0. The molecule has 0 aromatic carbocycles. The van der Waals surface area contributed by atoms with E-state index in [4.69, 9.17) is 4.74 Å². The van der Waals surface area contributed by atoms with E-state index in [-0.39, 0.29) is 17.9 Å². The molecule has 0 aromatic rings. The van der Waals surface area contributed by atoms with Crippen LogP contribution in [0, 0.1) is 11.8 Å². The van der Waals surface area contributed by atoms with E-state index in [1.807, 2.05) is 13.8 Å². The van der Waals surface area contributed by atoms with Crippen molar-refractivity contribution >= 4 is 11.8 Å². The summed E-state index contributed by atoms with van der Waals surface area (Å²) in [4.78, 5) is 26.2. The zero-order valence-electron chi connectivity index (χ0n) is 12.7. The molecule has 1 aliphatic carbocycles. The van der Waals surface area contributed by atoms with Crippen LogP contribution in [0.15, 0.2) is 11.6 Å². The number of hydrogen-bond donors (Lipinski definition) is 0. The average molecular weight is 279 g/mol. The fraction of sp³-hybridized carbons (Fsp3) is 0.750. The third kappa shape index (κ3) is 2.95. The first-order valence-corrected chi connectivity index (χ1v) is 7.74. The molecule has 0 N–H and O–H groups in total. The van der Waals surface area contributed by atoms with Gasteiger partial charge in [0.25, 0.3) is 0 Å². The lowest BCUT2D eigenvalue weighted by Crippen LogP contribution is -2.39. The minimum absolute atomic E-state index is 0.0683. The Morgan fingerprint density at radius 1 is 1.45 bits per heavy atom. The molecule has 2 aliphatic rings. The molecule has 4 heteroatoms. The van der Waals surface area contributed by atoms with Gasteiger partial charge in [0.1, 0.15) is 6.04 Å². The van der Waals surface area contributed by atoms with Gasteiger partial charge in [-0.3, -0.25) is 14.5 Å². The molecular formula is C16H25NO3. The van der Waals surface area contributed by atoms with Crippen LogP contribution in [0.4, 0.5) is 0 Å². The first-order chi connectivity index (χ1) is 9.58. The van der Waals surface area contributed by atoms with Gasteiger partial charge in [-0.2, -0.15) is 0 Å². The van der Waals surface area contributed by atoms with Crippen LogP contribution in [-0.2, 0) is 14.3 Å². The van der Waals surface area contributed by atoms with Gasteiger partial charge in [-0.15, -0.1) is 0 Å². The number of nitrogens with zero attached hydrogens (tertiary/aromatic N) is 1. The summed E-state index contributed by atoms with van der Waals surface area (Å²) in [6.07, 6.45) is 5.27. The highest BCUT2D eigenvalue weighted by Crippen LogP contribution is 2.36. The molecule has 0 bridgehead atoms. The predicted molar refractivity (Wildman–Crippen MR) is 77.3 cm³/mol. The summed E-state index contributed by atoms with van der Waals surface area (Å²) < 4.78 is 5.06. The van der Waals surface area contributed by atoms with E-state index in [1.54, 1.807) is 0 Å². The van der Waals surface area contributed by atoms with E-state index < -0.39 is 0 Å². The molecule has 0 spiro atoms. The smallest absolute Gasteiger partial charge is 0.323 e. The molecule has 1 saturated heterocycles. The highest BCUT2D eigenvalue weighted by atomic mass is 16.5. The fourth-order valence-electron chi connectivity index (χ4n) is 3.19. The summed E-state index contributed by atoms with van der Waals surface area (Å²) in [6, 6.07) is -0.249. The van der Waals surface area contributed by atoms with Crippen molar-refractivity contribution in [3.8, 4) is 0 Å². The monoisotopic (exact) mass is 279 g/mol. The molecule has 1 fully saturated rings. The number of fused-ring (bicyclic) bond motifs is 1. The second-order valence-corrected chi connectivity index (χ2v) is 5.81. The maximum absolute atomic E-state index is 12.3. The van der Waals surface area contributed by atoms with E-state index in [2.05, 4.69) is 17.9 Å². The third-order valence-electron chi connectivity index (χ3n) is 4.44. The van der Waals surface area contributed by atoms with Gasteiger partial charge in [0.05, 0.1) is 6.61 Å².